The van der Waals surface area contributed by atoms with Gasteiger partial charge in [0.2, 0.25) is 0 Å². The van der Waals surface area contributed by atoms with Crippen LogP contribution in [0.25, 0.3) is 55.2 Å². The van der Waals surface area contributed by atoms with E-state index in [2.05, 4.69) is 186 Å². The van der Waals surface area contributed by atoms with E-state index in [4.69, 9.17) is 9.41 Å². The molecule has 0 amide bonds. The van der Waals surface area contributed by atoms with Gasteiger partial charge in [-0.3, -0.25) is 4.99 Å². The van der Waals surface area contributed by atoms with Gasteiger partial charge < -0.3 is 13.9 Å². The topological polar surface area (TPSA) is 33.7 Å². The lowest BCUT2D eigenvalue weighted by Gasteiger charge is -2.38. The largest absolute Gasteiger partial charge is 0.456 e. The molecule has 0 N–H and O–H groups in total. The van der Waals surface area contributed by atoms with Crippen LogP contribution in [0.2, 0.25) is 0 Å². The fraction of sp³-hybridized carbons (Fsp3) is 0.264. The van der Waals surface area contributed by atoms with Crippen LogP contribution in [-0.4, -0.2) is 23.5 Å². The lowest BCUT2D eigenvalue weighted by atomic mass is 9.81. The molecule has 1 unspecified atom stereocenters. The number of allylic oxidation sites excluding steroid dienone is 11. The van der Waals surface area contributed by atoms with Crippen molar-refractivity contribution in [3.8, 4) is 11.1 Å². The number of hydrogen-bond donors (Lipinski definition) is 0. The summed E-state index contributed by atoms with van der Waals surface area (Å²) in [5.74, 6) is 0.948. The minimum atomic E-state index is -0.281. The highest BCUT2D eigenvalue weighted by molar-refractivity contribution is 6.23. The minimum Gasteiger partial charge on any atom is -0.456 e. The van der Waals surface area contributed by atoms with Gasteiger partial charge in [0.15, 0.2) is 6.17 Å². The molecule has 1 atom stereocenters. The number of para-hydroxylation sites is 1. The fourth-order valence-corrected chi connectivity index (χ4v) is 9.90. The van der Waals surface area contributed by atoms with Crippen LogP contribution in [0.4, 0.5) is 5.69 Å². The Morgan fingerprint density at radius 3 is 2.53 bits per heavy atom. The van der Waals surface area contributed by atoms with Gasteiger partial charge in [0.05, 0.1) is 22.4 Å². The molecule has 57 heavy (non-hydrogen) atoms. The second kappa shape index (κ2) is 14.6. The van der Waals surface area contributed by atoms with E-state index in [0.29, 0.717) is 0 Å². The van der Waals surface area contributed by atoms with Crippen LogP contribution >= 0.6 is 0 Å². The number of hydrogen-bond acceptors (Lipinski definition) is 3. The number of benzene rings is 4. The summed E-state index contributed by atoms with van der Waals surface area (Å²) in [6, 6.07) is 27.0. The van der Waals surface area contributed by atoms with Crippen molar-refractivity contribution in [1.29, 1.82) is 0 Å². The maximum absolute atomic E-state index is 7.17. The van der Waals surface area contributed by atoms with E-state index in [1.165, 1.54) is 71.8 Å². The first-order chi connectivity index (χ1) is 27.8. The van der Waals surface area contributed by atoms with Gasteiger partial charge in [0.1, 0.15) is 11.3 Å². The van der Waals surface area contributed by atoms with Crippen LogP contribution in [0.3, 0.4) is 0 Å². The zero-order valence-electron chi connectivity index (χ0n) is 34.5. The van der Waals surface area contributed by atoms with E-state index in [0.717, 1.165) is 60.4 Å². The summed E-state index contributed by atoms with van der Waals surface area (Å²) < 4.78 is 9.57. The van der Waals surface area contributed by atoms with Crippen LogP contribution in [-0.2, 0) is 11.8 Å². The molecule has 0 spiro atoms. The minimum absolute atomic E-state index is 0.105. The third kappa shape index (κ3) is 5.67. The highest BCUT2D eigenvalue weighted by Crippen LogP contribution is 2.55. The van der Waals surface area contributed by atoms with E-state index in [-0.39, 0.29) is 11.6 Å². The predicted octanol–water partition coefficient (Wildman–Crippen LogP) is 14.1. The van der Waals surface area contributed by atoms with Crippen LogP contribution in [0, 0.1) is 0 Å². The zero-order chi connectivity index (χ0) is 39.4. The second-order valence-electron chi connectivity index (χ2n) is 16.1. The molecule has 0 bridgehead atoms. The van der Waals surface area contributed by atoms with Gasteiger partial charge in [-0.1, -0.05) is 131 Å². The molecule has 6 aromatic rings. The van der Waals surface area contributed by atoms with Gasteiger partial charge in [0.25, 0.3) is 0 Å². The predicted molar refractivity (Wildman–Crippen MR) is 245 cm³/mol. The van der Waals surface area contributed by atoms with Crippen LogP contribution in [0.5, 0.6) is 0 Å². The molecule has 1 aliphatic heterocycles. The van der Waals surface area contributed by atoms with Crippen molar-refractivity contribution in [2.75, 3.05) is 11.9 Å². The Kier molecular flexibility index (Phi) is 9.39. The highest BCUT2D eigenvalue weighted by atomic mass is 16.3. The molecule has 286 valence electrons. The summed E-state index contributed by atoms with van der Waals surface area (Å²) in [6.45, 7) is 13.4. The van der Waals surface area contributed by atoms with Crippen LogP contribution in [0.15, 0.2) is 142 Å². The average Bonchev–Trinajstić information content (AvgIpc) is 3.73. The number of likely N-dealkylation sites (N-methyl/N-ethyl adjacent to an activating group) is 1. The second-order valence-corrected chi connectivity index (χ2v) is 16.1. The maximum Gasteiger partial charge on any atom is 0.150 e. The van der Waals surface area contributed by atoms with E-state index in [9.17, 15) is 0 Å². The fourth-order valence-electron chi connectivity index (χ4n) is 9.90. The molecular formula is C53H53N3O. The van der Waals surface area contributed by atoms with Gasteiger partial charge in [-0.05, 0) is 92.5 Å². The molecule has 2 aliphatic carbocycles. The lowest BCUT2D eigenvalue weighted by Crippen LogP contribution is -2.38. The Labute approximate surface area is 337 Å². The average molecular weight is 748 g/mol. The lowest BCUT2D eigenvalue weighted by molar-refractivity contribution is 0.584. The molecule has 0 fully saturated rings. The molecule has 0 saturated heterocycles. The Bertz CT molecular complexity index is 2800. The van der Waals surface area contributed by atoms with Crippen molar-refractivity contribution in [1.82, 2.24) is 4.57 Å². The Morgan fingerprint density at radius 2 is 1.72 bits per heavy atom. The summed E-state index contributed by atoms with van der Waals surface area (Å²) in [4.78, 5) is 8.25. The van der Waals surface area contributed by atoms with Gasteiger partial charge in [-0.2, -0.15) is 0 Å². The third-order valence-corrected chi connectivity index (χ3v) is 12.5. The van der Waals surface area contributed by atoms with Gasteiger partial charge in [-0.25, -0.2) is 0 Å². The van der Waals surface area contributed by atoms with Crippen molar-refractivity contribution in [3.05, 3.63) is 161 Å². The Balaban J connectivity index is 1.30. The molecule has 4 aromatic carbocycles. The molecule has 9 rings (SSSR count). The number of nitrogens with zero attached hydrogens (tertiary/aromatic N) is 3. The van der Waals surface area contributed by atoms with Crippen molar-refractivity contribution in [3.63, 3.8) is 0 Å². The first-order valence-electron chi connectivity index (χ1n) is 20.9. The number of aryl methyl sites for hydroxylation is 1. The summed E-state index contributed by atoms with van der Waals surface area (Å²) >= 11 is 0. The van der Waals surface area contributed by atoms with E-state index >= 15 is 0 Å². The summed E-state index contributed by atoms with van der Waals surface area (Å²) in [5, 5.41) is 3.67. The number of aromatic nitrogens is 1. The molecule has 3 aliphatic rings. The van der Waals surface area contributed by atoms with Gasteiger partial charge >= 0.3 is 0 Å². The number of furan rings is 1. The smallest absolute Gasteiger partial charge is 0.150 e. The van der Waals surface area contributed by atoms with Crippen molar-refractivity contribution in [2.45, 2.75) is 85.2 Å². The van der Waals surface area contributed by atoms with Crippen molar-refractivity contribution < 1.29 is 4.42 Å². The molecule has 0 radical (unpaired) electrons. The van der Waals surface area contributed by atoms with Gasteiger partial charge in [-0.15, -0.1) is 0 Å². The Morgan fingerprint density at radius 1 is 0.895 bits per heavy atom. The monoisotopic (exact) mass is 747 g/mol. The van der Waals surface area contributed by atoms with Crippen LogP contribution in [0.1, 0.15) is 95.2 Å². The van der Waals surface area contributed by atoms with E-state index in [1.807, 2.05) is 0 Å². The highest BCUT2D eigenvalue weighted by Gasteiger charge is 2.42. The molecule has 2 aromatic heterocycles. The third-order valence-electron chi connectivity index (χ3n) is 12.5. The summed E-state index contributed by atoms with van der Waals surface area (Å²) in [5.41, 5.74) is 17.0. The molecule has 4 nitrogen and oxygen atoms in total. The number of aliphatic imine (C=N–C) groups is 1. The first kappa shape index (κ1) is 36.7. The quantitative estimate of drug-likeness (QED) is 0.145. The molecule has 3 heterocycles. The zero-order valence-corrected chi connectivity index (χ0v) is 34.5. The van der Waals surface area contributed by atoms with Crippen molar-refractivity contribution >= 4 is 55.4 Å². The Hall–Kier alpha value is -5.87. The number of rotatable bonds is 8. The summed E-state index contributed by atoms with van der Waals surface area (Å²) in [7, 11) is 2.25. The maximum atomic E-state index is 7.17. The first-order valence-corrected chi connectivity index (χ1v) is 20.9. The standard InChI is InChI=1S/C53H53N3O/c1-8-12-15-25-35(10-3)56-43-29-21-19-27-38(43)47-44(56)32-33-45-48(47)36(11-4)51(57-45)40(22-9-2)52-54-49(34-23-16-13-14-17-24-34)39-30-31-42-46(50(39)55(52)7)37-26-18-20-28-41(37)53(42,5)6/h8,10,12-13,15-16,18-23,25-33,52H,9,11,14,17,24H2,1-7H3/b12-8-,25-15-,35-10+,40-22+. The normalized spacial score (nSPS) is 18.2. The van der Waals surface area contributed by atoms with E-state index in [1.54, 1.807) is 0 Å². The van der Waals surface area contributed by atoms with Crippen molar-refractivity contribution in [2.24, 2.45) is 4.99 Å². The number of anilines is 1. The molecule has 0 saturated carbocycles. The molecule has 4 heteroatoms. The van der Waals surface area contributed by atoms with Crippen LogP contribution < -0.4 is 4.90 Å². The van der Waals surface area contributed by atoms with Gasteiger partial charge in [0, 0.05) is 56.6 Å². The SMILES string of the molecule is C\C=C/C=C\C(=C/C)n1c2ccccc2c2c3c(CC)c(/C(=C\CC)C4N=C(C5=CC=CCCC5)c5ccc6c(c5N4C)-c4ccccc4C6(C)C)oc3ccc21. The number of fused-ring (bicyclic) bond motifs is 10. The molecular weight excluding hydrogens is 695 g/mol. The van der Waals surface area contributed by atoms with E-state index < -0.39 is 0 Å². The summed E-state index contributed by atoms with van der Waals surface area (Å²) in [6.07, 6.45) is 24.5.